The third kappa shape index (κ3) is 4.44. The van der Waals surface area contributed by atoms with E-state index in [0.29, 0.717) is 12.6 Å². The van der Waals surface area contributed by atoms with E-state index in [1.807, 2.05) is 12.4 Å². The maximum Gasteiger partial charge on any atom is 0.319 e. The van der Waals surface area contributed by atoms with Crippen molar-refractivity contribution in [1.29, 1.82) is 0 Å². The van der Waals surface area contributed by atoms with E-state index in [1.54, 1.807) is 11.3 Å². The van der Waals surface area contributed by atoms with Crippen molar-refractivity contribution in [2.24, 2.45) is 0 Å². The third-order valence-electron chi connectivity index (χ3n) is 2.76. The average Bonchev–Trinajstić information content (AvgIpc) is 2.69. The molecule has 0 fully saturated rings. The highest BCUT2D eigenvalue weighted by molar-refractivity contribution is 7.09. The van der Waals surface area contributed by atoms with Crippen LogP contribution in [-0.2, 0) is 16.0 Å². The molecule has 4 nitrogen and oxygen atoms in total. The minimum absolute atomic E-state index is 0.181. The van der Waals surface area contributed by atoms with Crippen LogP contribution in [0.5, 0.6) is 0 Å². The van der Waals surface area contributed by atoms with Crippen LogP contribution < -0.4 is 0 Å². The normalized spacial score (nSPS) is 11.2. The lowest BCUT2D eigenvalue weighted by Crippen LogP contribution is -2.37. The number of carbonyl (C=O) groups excluding carboxylic acids is 1. The summed E-state index contributed by atoms with van der Waals surface area (Å²) in [5, 5.41) is 0. The second kappa shape index (κ2) is 6.71. The first kappa shape index (κ1) is 14.1. The summed E-state index contributed by atoms with van der Waals surface area (Å²) in [7, 11) is 1.42. The molecule has 0 N–H and O–H groups in total. The number of thiazole rings is 1. The quantitative estimate of drug-likeness (QED) is 0.729. The largest absolute Gasteiger partial charge is 0.468 e. The van der Waals surface area contributed by atoms with E-state index in [2.05, 4.69) is 23.7 Å². The molecule has 0 aromatic carbocycles. The van der Waals surface area contributed by atoms with E-state index < -0.39 is 0 Å². The molecule has 0 aliphatic rings. The number of hydrogen-bond donors (Lipinski definition) is 0. The number of ether oxygens (including phenoxy) is 1. The van der Waals surface area contributed by atoms with Gasteiger partial charge in [0.25, 0.3) is 0 Å². The summed E-state index contributed by atoms with van der Waals surface area (Å²) in [6.45, 7) is 7.40. The number of aromatic nitrogens is 1. The molecule has 0 saturated carbocycles. The fourth-order valence-corrected chi connectivity index (χ4v) is 2.33. The Labute approximate surface area is 107 Å². The Morgan fingerprint density at radius 2 is 2.29 bits per heavy atom. The SMILES string of the molecule is COC(=O)CN(CCc1scnc1C)C(C)C. The molecule has 1 rings (SSSR count). The number of rotatable bonds is 6. The number of esters is 1. The Kier molecular flexibility index (Phi) is 5.58. The van der Waals surface area contributed by atoms with E-state index in [0.717, 1.165) is 18.7 Å². The highest BCUT2D eigenvalue weighted by Crippen LogP contribution is 2.13. The van der Waals surface area contributed by atoms with Gasteiger partial charge in [-0.25, -0.2) is 4.98 Å². The standard InChI is InChI=1S/C12H20N2O2S/c1-9(2)14(7-12(15)16-4)6-5-11-10(3)13-8-17-11/h8-9H,5-7H2,1-4H3. The molecule has 0 unspecified atom stereocenters. The van der Waals surface area contributed by atoms with Crippen molar-refractivity contribution in [3.8, 4) is 0 Å². The molecule has 17 heavy (non-hydrogen) atoms. The van der Waals surface area contributed by atoms with Crippen LogP contribution in [0.3, 0.4) is 0 Å². The van der Waals surface area contributed by atoms with Crippen LogP contribution in [-0.4, -0.2) is 42.1 Å². The summed E-state index contributed by atoms with van der Waals surface area (Å²) in [6, 6.07) is 0.335. The van der Waals surface area contributed by atoms with Crippen LogP contribution in [0.15, 0.2) is 5.51 Å². The highest BCUT2D eigenvalue weighted by atomic mass is 32.1. The van der Waals surface area contributed by atoms with Gasteiger partial charge in [-0.3, -0.25) is 9.69 Å². The van der Waals surface area contributed by atoms with E-state index >= 15 is 0 Å². The zero-order valence-corrected chi connectivity index (χ0v) is 11.7. The maximum atomic E-state index is 11.3. The summed E-state index contributed by atoms with van der Waals surface area (Å²) in [5.41, 5.74) is 2.96. The lowest BCUT2D eigenvalue weighted by atomic mass is 10.2. The Balaban J connectivity index is 2.50. The molecule has 0 saturated heterocycles. The van der Waals surface area contributed by atoms with Gasteiger partial charge in [-0.15, -0.1) is 11.3 Å². The van der Waals surface area contributed by atoms with Crippen LogP contribution in [0.25, 0.3) is 0 Å². The fourth-order valence-electron chi connectivity index (χ4n) is 1.56. The monoisotopic (exact) mass is 256 g/mol. The molecule has 0 atom stereocenters. The number of nitrogens with zero attached hydrogens (tertiary/aromatic N) is 2. The predicted molar refractivity (Wildman–Crippen MR) is 69.3 cm³/mol. The van der Waals surface area contributed by atoms with Crippen LogP contribution in [0, 0.1) is 6.92 Å². The molecular weight excluding hydrogens is 236 g/mol. The summed E-state index contributed by atoms with van der Waals surface area (Å²) in [4.78, 5) is 18.9. The van der Waals surface area contributed by atoms with Crippen LogP contribution in [0.1, 0.15) is 24.4 Å². The first-order valence-corrected chi connectivity index (χ1v) is 6.62. The van der Waals surface area contributed by atoms with Gasteiger partial charge in [0.15, 0.2) is 0 Å². The van der Waals surface area contributed by atoms with E-state index in [1.165, 1.54) is 12.0 Å². The molecule has 0 aliphatic heterocycles. The van der Waals surface area contributed by atoms with Gasteiger partial charge < -0.3 is 4.74 Å². The van der Waals surface area contributed by atoms with Gasteiger partial charge in [0, 0.05) is 17.5 Å². The Morgan fingerprint density at radius 1 is 1.59 bits per heavy atom. The van der Waals surface area contributed by atoms with Gasteiger partial charge in [0.1, 0.15) is 0 Å². The topological polar surface area (TPSA) is 42.4 Å². The fraction of sp³-hybridized carbons (Fsp3) is 0.667. The predicted octanol–water partition coefficient (Wildman–Crippen LogP) is 1.88. The zero-order chi connectivity index (χ0) is 12.8. The van der Waals surface area contributed by atoms with Crippen LogP contribution in [0.2, 0.25) is 0 Å². The van der Waals surface area contributed by atoms with E-state index in [4.69, 9.17) is 4.74 Å². The van der Waals surface area contributed by atoms with Gasteiger partial charge in [0.2, 0.25) is 0 Å². The molecule has 0 radical (unpaired) electrons. The maximum absolute atomic E-state index is 11.3. The van der Waals surface area contributed by atoms with Crippen LogP contribution >= 0.6 is 11.3 Å². The van der Waals surface area contributed by atoms with Crippen molar-refractivity contribution in [3.63, 3.8) is 0 Å². The average molecular weight is 256 g/mol. The second-order valence-electron chi connectivity index (χ2n) is 4.25. The van der Waals surface area contributed by atoms with Crippen molar-refractivity contribution >= 4 is 17.3 Å². The van der Waals surface area contributed by atoms with Gasteiger partial charge >= 0.3 is 5.97 Å². The molecule has 1 heterocycles. The molecule has 96 valence electrons. The zero-order valence-electron chi connectivity index (χ0n) is 10.9. The van der Waals surface area contributed by atoms with Gasteiger partial charge in [-0.2, -0.15) is 0 Å². The summed E-state index contributed by atoms with van der Waals surface area (Å²) in [5.74, 6) is -0.181. The van der Waals surface area contributed by atoms with Crippen LogP contribution in [0.4, 0.5) is 0 Å². The number of carbonyl (C=O) groups is 1. The smallest absolute Gasteiger partial charge is 0.319 e. The Hall–Kier alpha value is -0.940. The molecule has 0 bridgehead atoms. The second-order valence-corrected chi connectivity index (χ2v) is 5.19. The minimum Gasteiger partial charge on any atom is -0.468 e. The van der Waals surface area contributed by atoms with Crippen molar-refractivity contribution < 1.29 is 9.53 Å². The lowest BCUT2D eigenvalue weighted by molar-refractivity contribution is -0.142. The van der Waals surface area contributed by atoms with Crippen molar-refractivity contribution in [2.45, 2.75) is 33.2 Å². The molecule has 1 aromatic heterocycles. The van der Waals surface area contributed by atoms with E-state index in [-0.39, 0.29) is 5.97 Å². The Morgan fingerprint density at radius 3 is 2.76 bits per heavy atom. The number of hydrogen-bond acceptors (Lipinski definition) is 5. The minimum atomic E-state index is -0.181. The third-order valence-corrected chi connectivity index (χ3v) is 3.76. The number of aryl methyl sites for hydroxylation is 1. The van der Waals surface area contributed by atoms with Gasteiger partial charge in [-0.05, 0) is 27.2 Å². The summed E-state index contributed by atoms with van der Waals surface area (Å²) < 4.78 is 4.70. The lowest BCUT2D eigenvalue weighted by Gasteiger charge is -2.24. The first-order chi connectivity index (χ1) is 8.04. The van der Waals surface area contributed by atoms with Crippen molar-refractivity contribution in [3.05, 3.63) is 16.1 Å². The first-order valence-electron chi connectivity index (χ1n) is 5.74. The molecule has 0 spiro atoms. The molecule has 1 aromatic rings. The van der Waals surface area contributed by atoms with Crippen molar-refractivity contribution in [1.82, 2.24) is 9.88 Å². The van der Waals surface area contributed by atoms with Gasteiger partial charge in [-0.1, -0.05) is 0 Å². The molecular formula is C12H20N2O2S. The summed E-state index contributed by atoms with van der Waals surface area (Å²) >= 11 is 1.67. The van der Waals surface area contributed by atoms with Gasteiger partial charge in [0.05, 0.1) is 24.9 Å². The highest BCUT2D eigenvalue weighted by Gasteiger charge is 2.15. The molecule has 5 heteroatoms. The van der Waals surface area contributed by atoms with Crippen molar-refractivity contribution in [2.75, 3.05) is 20.2 Å². The van der Waals surface area contributed by atoms with E-state index in [9.17, 15) is 4.79 Å². The molecule has 0 aliphatic carbocycles. The summed E-state index contributed by atoms with van der Waals surface area (Å²) in [6.07, 6.45) is 0.936. The number of methoxy groups -OCH3 is 1. The Bertz CT molecular complexity index is 363. The molecule has 0 amide bonds.